The maximum atomic E-state index is 13.0. The number of imidazole rings is 1. The molecule has 2 aromatic carbocycles. The third-order valence-electron chi connectivity index (χ3n) is 6.93. The molecule has 2 N–H and O–H groups in total. The van der Waals surface area contributed by atoms with Crippen LogP contribution in [-0.2, 0) is 6.54 Å². The van der Waals surface area contributed by atoms with Gasteiger partial charge in [0.15, 0.2) is 5.69 Å². The topological polar surface area (TPSA) is 142 Å². The van der Waals surface area contributed by atoms with Crippen LogP contribution < -0.4 is 5.56 Å². The lowest BCUT2D eigenvalue weighted by Gasteiger charge is -2.23. The van der Waals surface area contributed by atoms with Gasteiger partial charge >= 0.3 is 0 Å². The molecule has 1 saturated carbocycles. The Morgan fingerprint density at radius 1 is 0.972 bits per heavy atom. The molecule has 0 radical (unpaired) electrons. The number of nitrogens with zero attached hydrogens (tertiary/aromatic N) is 7. The van der Waals surface area contributed by atoms with Crippen molar-refractivity contribution < 1.29 is 0 Å². The Morgan fingerprint density at radius 2 is 1.72 bits per heavy atom. The zero-order valence-electron chi connectivity index (χ0n) is 19.5. The second kappa shape index (κ2) is 9.19. The van der Waals surface area contributed by atoms with Crippen molar-refractivity contribution in [2.24, 2.45) is 0 Å². The highest BCUT2D eigenvalue weighted by molar-refractivity contribution is 5.83. The van der Waals surface area contributed by atoms with E-state index in [-0.39, 0.29) is 17.2 Å². The molecule has 0 aliphatic heterocycles. The molecular weight excluding hydrogens is 454 g/mol. The molecule has 6 rings (SSSR count). The number of aromatic amines is 2. The van der Waals surface area contributed by atoms with Gasteiger partial charge in [-0.05, 0) is 34.7 Å². The van der Waals surface area contributed by atoms with Gasteiger partial charge in [-0.15, -0.1) is 10.2 Å². The summed E-state index contributed by atoms with van der Waals surface area (Å²) in [6, 6.07) is 18.1. The molecule has 0 amide bonds. The van der Waals surface area contributed by atoms with Gasteiger partial charge < -0.3 is 4.57 Å². The van der Waals surface area contributed by atoms with Gasteiger partial charge in [-0.3, -0.25) is 4.79 Å². The predicted octanol–water partition coefficient (Wildman–Crippen LogP) is 3.93. The van der Waals surface area contributed by atoms with E-state index in [9.17, 15) is 10.1 Å². The minimum atomic E-state index is -0.344. The first-order chi connectivity index (χ1) is 17.7. The number of aromatic nitrogens is 8. The van der Waals surface area contributed by atoms with Crippen molar-refractivity contribution in [1.29, 1.82) is 5.26 Å². The van der Waals surface area contributed by atoms with E-state index in [1.807, 2.05) is 41.0 Å². The molecule has 0 saturated heterocycles. The molecule has 1 fully saturated rings. The predicted molar refractivity (Wildman–Crippen MR) is 133 cm³/mol. The van der Waals surface area contributed by atoms with Gasteiger partial charge in [0.2, 0.25) is 5.82 Å². The first-order valence-electron chi connectivity index (χ1n) is 12.0. The van der Waals surface area contributed by atoms with Crippen LogP contribution in [0.2, 0.25) is 0 Å². The normalized spacial score (nSPS) is 14.2. The van der Waals surface area contributed by atoms with Crippen LogP contribution in [0.4, 0.5) is 0 Å². The number of tetrazole rings is 1. The molecule has 3 aromatic heterocycles. The summed E-state index contributed by atoms with van der Waals surface area (Å²) in [5.41, 5.74) is 4.39. The van der Waals surface area contributed by atoms with Crippen molar-refractivity contribution >= 4 is 11.0 Å². The van der Waals surface area contributed by atoms with Gasteiger partial charge in [-0.1, -0.05) is 67.8 Å². The number of H-pyrrole nitrogens is 2. The van der Waals surface area contributed by atoms with E-state index in [0.29, 0.717) is 23.4 Å². The quantitative estimate of drug-likeness (QED) is 0.390. The van der Waals surface area contributed by atoms with Crippen molar-refractivity contribution in [3.63, 3.8) is 0 Å². The van der Waals surface area contributed by atoms with Crippen LogP contribution in [0, 0.1) is 11.3 Å². The third-order valence-corrected chi connectivity index (χ3v) is 6.93. The number of nitrogens with one attached hydrogen (secondary N) is 2. The van der Waals surface area contributed by atoms with Crippen LogP contribution in [0.25, 0.3) is 33.5 Å². The Balaban J connectivity index is 1.54. The van der Waals surface area contributed by atoms with Gasteiger partial charge in [0, 0.05) is 11.5 Å². The fourth-order valence-corrected chi connectivity index (χ4v) is 5.27. The molecule has 178 valence electrons. The van der Waals surface area contributed by atoms with E-state index in [4.69, 9.17) is 4.98 Å². The molecule has 0 unspecified atom stereocenters. The van der Waals surface area contributed by atoms with Crippen LogP contribution in [0.1, 0.15) is 55.1 Å². The molecule has 1 aliphatic carbocycles. The zero-order chi connectivity index (χ0) is 24.5. The van der Waals surface area contributed by atoms with Crippen LogP contribution in [0.15, 0.2) is 53.3 Å². The first kappa shape index (κ1) is 21.9. The number of fused-ring (bicyclic) bond motifs is 1. The molecule has 10 heteroatoms. The Labute approximate surface area is 206 Å². The SMILES string of the molecule is N#Cc1n[nH]c(=O)c2c1nc(C1CCCCC1)n2Cc1ccccc1-c1ccccc1-c1nn[nH]n1. The second-order valence-electron chi connectivity index (χ2n) is 9.04. The van der Waals surface area contributed by atoms with Crippen LogP contribution in [0.5, 0.6) is 0 Å². The first-order valence-corrected chi connectivity index (χ1v) is 12.0. The lowest BCUT2D eigenvalue weighted by molar-refractivity contribution is 0.420. The van der Waals surface area contributed by atoms with Crippen molar-refractivity contribution in [3.8, 4) is 28.6 Å². The molecule has 3 heterocycles. The van der Waals surface area contributed by atoms with Crippen molar-refractivity contribution in [3.05, 3.63) is 76.0 Å². The Hall–Kier alpha value is -4.65. The number of nitriles is 1. The van der Waals surface area contributed by atoms with E-state index in [0.717, 1.165) is 53.8 Å². The number of rotatable bonds is 5. The molecule has 1 aliphatic rings. The lowest BCUT2D eigenvalue weighted by Crippen LogP contribution is -2.18. The molecular formula is C26H23N9O. The number of hydrogen-bond donors (Lipinski definition) is 2. The van der Waals surface area contributed by atoms with Crippen molar-refractivity contribution in [1.82, 2.24) is 40.4 Å². The summed E-state index contributed by atoms with van der Waals surface area (Å²) in [7, 11) is 0. The fourth-order valence-electron chi connectivity index (χ4n) is 5.27. The average molecular weight is 478 g/mol. The summed E-state index contributed by atoms with van der Waals surface area (Å²) in [6.45, 7) is 0.428. The summed E-state index contributed by atoms with van der Waals surface area (Å²) < 4.78 is 1.99. The van der Waals surface area contributed by atoms with Gasteiger partial charge in [0.05, 0.1) is 6.54 Å². The highest BCUT2D eigenvalue weighted by Gasteiger charge is 2.26. The number of hydrogen-bond acceptors (Lipinski definition) is 7. The van der Waals surface area contributed by atoms with E-state index >= 15 is 0 Å². The Kier molecular flexibility index (Phi) is 5.58. The summed E-state index contributed by atoms with van der Waals surface area (Å²) >= 11 is 0. The third kappa shape index (κ3) is 3.75. The largest absolute Gasteiger partial charge is 0.319 e. The summed E-state index contributed by atoms with van der Waals surface area (Å²) in [6.07, 6.45) is 5.49. The van der Waals surface area contributed by atoms with Gasteiger partial charge in [-0.2, -0.15) is 15.6 Å². The van der Waals surface area contributed by atoms with E-state index in [1.165, 1.54) is 6.42 Å². The molecule has 36 heavy (non-hydrogen) atoms. The highest BCUT2D eigenvalue weighted by atomic mass is 16.1. The van der Waals surface area contributed by atoms with Crippen LogP contribution >= 0.6 is 0 Å². The van der Waals surface area contributed by atoms with Gasteiger partial charge in [-0.25, -0.2) is 10.1 Å². The molecule has 0 atom stereocenters. The molecule has 0 spiro atoms. The zero-order valence-corrected chi connectivity index (χ0v) is 19.5. The summed E-state index contributed by atoms with van der Waals surface area (Å²) in [5.74, 6) is 1.59. The highest BCUT2D eigenvalue weighted by Crippen LogP contribution is 2.36. The minimum Gasteiger partial charge on any atom is -0.319 e. The minimum absolute atomic E-state index is 0.135. The lowest BCUT2D eigenvalue weighted by atomic mass is 9.88. The van der Waals surface area contributed by atoms with Crippen molar-refractivity contribution in [2.75, 3.05) is 0 Å². The van der Waals surface area contributed by atoms with Crippen LogP contribution in [-0.4, -0.2) is 40.4 Å². The second-order valence-corrected chi connectivity index (χ2v) is 9.04. The standard InChI is InChI=1S/C26H23N9O/c27-14-21-22-23(26(36)32-29-21)35(25(28-22)16-8-2-1-3-9-16)15-17-10-4-5-11-18(17)19-12-6-7-13-20(19)24-30-33-34-31-24/h4-7,10-13,16H,1-3,8-9,15H2,(H,32,36)(H,30,31,33,34). The molecule has 5 aromatic rings. The van der Waals surface area contributed by atoms with Crippen molar-refractivity contribution in [2.45, 2.75) is 44.6 Å². The number of benzene rings is 2. The Bertz CT molecular complexity index is 1640. The van der Waals surface area contributed by atoms with E-state index in [2.05, 4.69) is 49.0 Å². The van der Waals surface area contributed by atoms with Crippen LogP contribution in [0.3, 0.4) is 0 Å². The fraction of sp³-hybridized carbons (Fsp3) is 0.269. The molecule has 10 nitrogen and oxygen atoms in total. The maximum absolute atomic E-state index is 13.0. The summed E-state index contributed by atoms with van der Waals surface area (Å²) in [5, 5.41) is 30.7. The summed E-state index contributed by atoms with van der Waals surface area (Å²) in [4.78, 5) is 17.9. The maximum Gasteiger partial charge on any atom is 0.290 e. The van der Waals surface area contributed by atoms with E-state index < -0.39 is 0 Å². The monoisotopic (exact) mass is 477 g/mol. The smallest absolute Gasteiger partial charge is 0.290 e. The van der Waals surface area contributed by atoms with Gasteiger partial charge in [0.1, 0.15) is 22.9 Å². The van der Waals surface area contributed by atoms with Gasteiger partial charge in [0.25, 0.3) is 5.56 Å². The Morgan fingerprint density at radius 3 is 2.47 bits per heavy atom. The average Bonchev–Trinajstić information content (AvgIpc) is 3.59. The van der Waals surface area contributed by atoms with E-state index in [1.54, 1.807) is 0 Å². The molecule has 0 bridgehead atoms.